The van der Waals surface area contributed by atoms with Crippen LogP contribution in [0.1, 0.15) is 37.3 Å². The summed E-state index contributed by atoms with van der Waals surface area (Å²) in [6, 6.07) is 15.8. The van der Waals surface area contributed by atoms with E-state index in [4.69, 9.17) is 9.84 Å². The van der Waals surface area contributed by atoms with Crippen LogP contribution < -0.4 is 10.6 Å². The molecule has 9 heteroatoms. The third-order valence-electron chi connectivity index (χ3n) is 5.68. The summed E-state index contributed by atoms with van der Waals surface area (Å²) in [4.78, 5) is 48.7. The van der Waals surface area contributed by atoms with Crippen molar-refractivity contribution in [2.24, 2.45) is 0 Å². The van der Waals surface area contributed by atoms with Crippen LogP contribution in [0.3, 0.4) is 0 Å². The smallest absolute Gasteiger partial charge is 0.407 e. The monoisotopic (exact) mass is 467 g/mol. The quantitative estimate of drug-likeness (QED) is 0.493. The van der Waals surface area contributed by atoms with Crippen molar-refractivity contribution in [3.8, 4) is 11.1 Å². The van der Waals surface area contributed by atoms with Crippen molar-refractivity contribution in [3.05, 3.63) is 59.7 Å². The Bertz CT molecular complexity index is 1020. The standard InChI is InChI=1S/C25H29N3O6/c1-16(2)28(12-11-24(31)32)23(30)14-26-22(29)13-27-25(33)34-15-21-19-9-5-3-7-17(19)18-8-4-6-10-20(18)21/h3-10,16,21H,11-15H2,1-2H3,(H,26,29)(H,27,33)(H,31,32). The van der Waals surface area contributed by atoms with E-state index in [-0.39, 0.29) is 44.6 Å². The highest BCUT2D eigenvalue weighted by molar-refractivity contribution is 5.87. The topological polar surface area (TPSA) is 125 Å². The van der Waals surface area contributed by atoms with E-state index < -0.39 is 23.9 Å². The second-order valence-corrected chi connectivity index (χ2v) is 8.28. The summed E-state index contributed by atoms with van der Waals surface area (Å²) >= 11 is 0. The zero-order valence-electron chi connectivity index (χ0n) is 19.2. The highest BCUT2D eigenvalue weighted by Crippen LogP contribution is 2.44. The molecule has 0 fully saturated rings. The molecule has 34 heavy (non-hydrogen) atoms. The molecule has 3 amide bonds. The molecule has 0 saturated carbocycles. The second-order valence-electron chi connectivity index (χ2n) is 8.28. The Morgan fingerprint density at radius 3 is 2.09 bits per heavy atom. The molecule has 0 aromatic heterocycles. The molecule has 0 bridgehead atoms. The van der Waals surface area contributed by atoms with Gasteiger partial charge >= 0.3 is 12.1 Å². The maximum atomic E-state index is 12.3. The Hall–Kier alpha value is -3.88. The molecule has 0 aliphatic heterocycles. The minimum Gasteiger partial charge on any atom is -0.481 e. The maximum Gasteiger partial charge on any atom is 0.407 e. The van der Waals surface area contributed by atoms with Crippen LogP contribution >= 0.6 is 0 Å². The first-order valence-corrected chi connectivity index (χ1v) is 11.1. The Balaban J connectivity index is 1.44. The van der Waals surface area contributed by atoms with E-state index in [1.54, 1.807) is 13.8 Å². The van der Waals surface area contributed by atoms with Crippen molar-refractivity contribution in [1.29, 1.82) is 0 Å². The number of ether oxygens (including phenoxy) is 1. The van der Waals surface area contributed by atoms with Crippen LogP contribution in [-0.4, -0.2) is 66.2 Å². The summed E-state index contributed by atoms with van der Waals surface area (Å²) in [6.07, 6.45) is -0.908. The summed E-state index contributed by atoms with van der Waals surface area (Å²) in [5.41, 5.74) is 4.42. The largest absolute Gasteiger partial charge is 0.481 e. The lowest BCUT2D eigenvalue weighted by Gasteiger charge is -2.26. The number of nitrogens with zero attached hydrogens (tertiary/aromatic N) is 1. The van der Waals surface area contributed by atoms with Crippen molar-refractivity contribution in [2.45, 2.75) is 32.2 Å². The predicted octanol–water partition coefficient (Wildman–Crippen LogP) is 2.35. The van der Waals surface area contributed by atoms with Crippen LogP contribution in [0.25, 0.3) is 11.1 Å². The number of rotatable bonds is 10. The van der Waals surface area contributed by atoms with Gasteiger partial charge in [0, 0.05) is 18.5 Å². The highest BCUT2D eigenvalue weighted by atomic mass is 16.5. The normalized spacial score (nSPS) is 12.0. The van der Waals surface area contributed by atoms with Crippen molar-refractivity contribution >= 4 is 23.9 Å². The molecule has 3 N–H and O–H groups in total. The van der Waals surface area contributed by atoms with Gasteiger partial charge in [0.15, 0.2) is 0 Å². The number of nitrogens with one attached hydrogen (secondary N) is 2. The Labute approximate surface area is 198 Å². The molecule has 0 heterocycles. The van der Waals surface area contributed by atoms with Gasteiger partial charge in [-0.1, -0.05) is 48.5 Å². The molecular formula is C25H29N3O6. The van der Waals surface area contributed by atoms with E-state index in [1.165, 1.54) is 4.90 Å². The minimum atomic E-state index is -1.00. The fourth-order valence-electron chi connectivity index (χ4n) is 4.03. The van der Waals surface area contributed by atoms with Gasteiger partial charge < -0.3 is 25.4 Å². The summed E-state index contributed by atoms with van der Waals surface area (Å²) in [5, 5.41) is 13.6. The second kappa shape index (κ2) is 11.3. The van der Waals surface area contributed by atoms with E-state index >= 15 is 0 Å². The van der Waals surface area contributed by atoms with Crippen LogP contribution in [0.5, 0.6) is 0 Å². The molecule has 9 nitrogen and oxygen atoms in total. The Morgan fingerprint density at radius 2 is 1.53 bits per heavy atom. The lowest BCUT2D eigenvalue weighted by atomic mass is 9.98. The molecule has 3 rings (SSSR count). The van der Waals surface area contributed by atoms with Gasteiger partial charge in [-0.05, 0) is 36.1 Å². The number of hydrogen-bond acceptors (Lipinski definition) is 5. The fourth-order valence-corrected chi connectivity index (χ4v) is 4.03. The summed E-state index contributed by atoms with van der Waals surface area (Å²) in [5.74, 6) is -2.04. The average molecular weight is 468 g/mol. The lowest BCUT2D eigenvalue weighted by Crippen LogP contribution is -2.46. The molecule has 0 unspecified atom stereocenters. The van der Waals surface area contributed by atoms with Gasteiger partial charge in [-0.15, -0.1) is 0 Å². The SMILES string of the molecule is CC(C)N(CCC(=O)O)C(=O)CNC(=O)CNC(=O)OCC1c2ccccc2-c2ccccc21. The van der Waals surface area contributed by atoms with Crippen molar-refractivity contribution in [1.82, 2.24) is 15.5 Å². The number of carboxylic acids is 1. The van der Waals surface area contributed by atoms with Crippen molar-refractivity contribution in [3.63, 3.8) is 0 Å². The number of carboxylic acid groups (broad SMARTS) is 1. The van der Waals surface area contributed by atoms with Crippen LogP contribution in [0.4, 0.5) is 4.79 Å². The van der Waals surface area contributed by atoms with Crippen LogP contribution in [0, 0.1) is 0 Å². The number of carbonyl (C=O) groups is 4. The number of benzene rings is 2. The van der Waals surface area contributed by atoms with Gasteiger partial charge in [0.05, 0.1) is 13.0 Å². The molecule has 2 aromatic carbocycles. The zero-order chi connectivity index (χ0) is 24.7. The third-order valence-corrected chi connectivity index (χ3v) is 5.68. The van der Waals surface area contributed by atoms with Gasteiger partial charge in [-0.3, -0.25) is 14.4 Å². The average Bonchev–Trinajstić information content (AvgIpc) is 3.13. The molecule has 0 atom stereocenters. The van der Waals surface area contributed by atoms with Crippen LogP contribution in [0.2, 0.25) is 0 Å². The summed E-state index contributed by atoms with van der Waals surface area (Å²) < 4.78 is 5.38. The highest BCUT2D eigenvalue weighted by Gasteiger charge is 2.29. The first kappa shape index (κ1) is 24.8. The van der Waals surface area contributed by atoms with E-state index in [2.05, 4.69) is 10.6 Å². The van der Waals surface area contributed by atoms with Crippen molar-refractivity contribution in [2.75, 3.05) is 26.2 Å². The van der Waals surface area contributed by atoms with E-state index in [1.807, 2.05) is 48.5 Å². The van der Waals surface area contributed by atoms with Gasteiger partial charge in [-0.25, -0.2) is 4.79 Å². The first-order valence-electron chi connectivity index (χ1n) is 11.1. The van der Waals surface area contributed by atoms with Gasteiger partial charge in [0.25, 0.3) is 0 Å². The lowest BCUT2D eigenvalue weighted by molar-refractivity contribution is -0.139. The van der Waals surface area contributed by atoms with Gasteiger partial charge in [0.1, 0.15) is 13.2 Å². The van der Waals surface area contributed by atoms with Crippen LogP contribution in [0.15, 0.2) is 48.5 Å². The van der Waals surface area contributed by atoms with E-state index in [0.717, 1.165) is 22.3 Å². The number of hydrogen-bond donors (Lipinski definition) is 3. The fraction of sp³-hybridized carbons (Fsp3) is 0.360. The van der Waals surface area contributed by atoms with E-state index in [0.29, 0.717) is 0 Å². The first-order chi connectivity index (χ1) is 16.3. The number of fused-ring (bicyclic) bond motifs is 3. The molecule has 1 aliphatic rings. The number of carbonyl (C=O) groups excluding carboxylic acids is 3. The molecule has 180 valence electrons. The Morgan fingerprint density at radius 1 is 0.941 bits per heavy atom. The molecule has 2 aromatic rings. The predicted molar refractivity (Wildman–Crippen MR) is 125 cm³/mol. The van der Waals surface area contributed by atoms with Crippen LogP contribution in [-0.2, 0) is 19.1 Å². The Kier molecular flexibility index (Phi) is 8.24. The summed E-state index contributed by atoms with van der Waals surface area (Å²) in [7, 11) is 0. The zero-order valence-corrected chi connectivity index (χ0v) is 19.2. The van der Waals surface area contributed by atoms with Gasteiger partial charge in [-0.2, -0.15) is 0 Å². The molecule has 1 aliphatic carbocycles. The number of alkyl carbamates (subject to hydrolysis) is 1. The maximum absolute atomic E-state index is 12.3. The molecule has 0 radical (unpaired) electrons. The molecule has 0 saturated heterocycles. The van der Waals surface area contributed by atoms with Crippen molar-refractivity contribution < 1.29 is 29.0 Å². The number of aliphatic carboxylic acids is 1. The third kappa shape index (κ3) is 6.12. The molecular weight excluding hydrogens is 438 g/mol. The molecule has 0 spiro atoms. The van der Waals surface area contributed by atoms with E-state index in [9.17, 15) is 19.2 Å². The number of amides is 3. The van der Waals surface area contributed by atoms with Gasteiger partial charge in [0.2, 0.25) is 11.8 Å². The summed E-state index contributed by atoms with van der Waals surface area (Å²) in [6.45, 7) is 3.08. The minimum absolute atomic E-state index is 0.0553.